The summed E-state index contributed by atoms with van der Waals surface area (Å²) in [5, 5.41) is 0. The van der Waals surface area contributed by atoms with Crippen LogP contribution in [0.4, 0.5) is 0 Å². The average Bonchev–Trinajstić information content (AvgIpc) is 1.38. The van der Waals surface area contributed by atoms with Gasteiger partial charge in [0.05, 0.1) is 0 Å². The van der Waals surface area contributed by atoms with Crippen molar-refractivity contribution in [2.24, 2.45) is 0 Å². The summed E-state index contributed by atoms with van der Waals surface area (Å²) in [6.07, 6.45) is 1.97. The topological polar surface area (TPSA) is 0 Å². The zero-order chi connectivity index (χ0) is 4.28. The average molecular weight is 135 g/mol. The number of rotatable bonds is 0. The third-order valence-electron chi connectivity index (χ3n) is 0.493. The molecule has 0 aromatic carbocycles. The second-order valence-corrected chi connectivity index (χ2v) is 1.14. The summed E-state index contributed by atoms with van der Waals surface area (Å²) in [6.45, 7) is 7.56. The van der Waals surface area contributed by atoms with Gasteiger partial charge in [-0.25, -0.2) is 18.6 Å². The van der Waals surface area contributed by atoms with Crippen LogP contribution in [0.5, 0.6) is 0 Å². The van der Waals surface area contributed by atoms with E-state index in [4.69, 9.17) is 0 Å². The van der Waals surface area contributed by atoms with E-state index in [0.29, 0.717) is 0 Å². The van der Waals surface area contributed by atoms with E-state index in [2.05, 4.69) is 6.92 Å². The first kappa shape index (κ1) is 9.53. The van der Waals surface area contributed by atoms with E-state index >= 15 is 0 Å². The van der Waals surface area contributed by atoms with Crippen molar-refractivity contribution in [1.29, 1.82) is 0 Å². The molecule has 0 rings (SSSR count). The fourth-order valence-electron chi connectivity index (χ4n) is 0. The molecule has 32 valence electrons. The maximum atomic E-state index is 3.62. The summed E-state index contributed by atoms with van der Waals surface area (Å²) in [5.74, 6) is 0. The van der Waals surface area contributed by atoms with Gasteiger partial charge in [-0.05, 0) is 0 Å². The molecular formula is C5H9Zn-. The molecule has 6 heavy (non-hydrogen) atoms. The molecule has 0 atom stereocenters. The van der Waals surface area contributed by atoms with Gasteiger partial charge in [-0.3, -0.25) is 0 Å². The SMILES string of the molecule is [CH2-]C(C)=CC.[Zn]. The van der Waals surface area contributed by atoms with Crippen LogP contribution in [-0.4, -0.2) is 0 Å². The van der Waals surface area contributed by atoms with Crippen molar-refractivity contribution in [3.63, 3.8) is 0 Å². The molecule has 0 N–H and O–H groups in total. The largest absolute Gasteiger partial charge is 0.242 e. The van der Waals surface area contributed by atoms with Crippen molar-refractivity contribution >= 4 is 0 Å². The Bertz CT molecular complexity index is 41.9. The van der Waals surface area contributed by atoms with Gasteiger partial charge in [-0.1, -0.05) is 6.92 Å². The van der Waals surface area contributed by atoms with Crippen LogP contribution in [0.1, 0.15) is 13.8 Å². The van der Waals surface area contributed by atoms with E-state index in [0.717, 1.165) is 5.57 Å². The van der Waals surface area contributed by atoms with Crippen LogP contribution in [0.15, 0.2) is 11.6 Å². The van der Waals surface area contributed by atoms with Crippen LogP contribution >= 0.6 is 0 Å². The Balaban J connectivity index is 0. The summed E-state index contributed by atoms with van der Waals surface area (Å²) < 4.78 is 0. The molecule has 0 radical (unpaired) electrons. The van der Waals surface area contributed by atoms with Crippen molar-refractivity contribution in [3.05, 3.63) is 18.6 Å². The Morgan fingerprint density at radius 3 is 1.83 bits per heavy atom. The Hall–Kier alpha value is 0.233. The number of hydrogen-bond donors (Lipinski definition) is 0. The third-order valence-corrected chi connectivity index (χ3v) is 0.493. The maximum absolute atomic E-state index is 3.62. The first-order chi connectivity index (χ1) is 2.27. The molecule has 0 aliphatic rings. The van der Waals surface area contributed by atoms with Gasteiger partial charge < -0.3 is 0 Å². The minimum absolute atomic E-state index is 0. The predicted octanol–water partition coefficient (Wildman–Crippen LogP) is 1.78. The van der Waals surface area contributed by atoms with Crippen LogP contribution in [0.25, 0.3) is 0 Å². The van der Waals surface area contributed by atoms with Gasteiger partial charge in [0.1, 0.15) is 0 Å². The molecule has 0 fully saturated rings. The molecule has 0 aromatic rings. The monoisotopic (exact) mass is 133 g/mol. The molecule has 0 aromatic heterocycles. The van der Waals surface area contributed by atoms with Crippen LogP contribution in [0.3, 0.4) is 0 Å². The van der Waals surface area contributed by atoms with Crippen molar-refractivity contribution in [2.75, 3.05) is 0 Å². The minimum Gasteiger partial charge on any atom is -0.242 e. The van der Waals surface area contributed by atoms with Crippen molar-refractivity contribution in [2.45, 2.75) is 13.8 Å². The summed E-state index contributed by atoms with van der Waals surface area (Å²) in [6, 6.07) is 0. The Labute approximate surface area is 52.4 Å². The van der Waals surface area contributed by atoms with Gasteiger partial charge >= 0.3 is 0 Å². The molecule has 0 saturated carbocycles. The smallest absolute Gasteiger partial charge is 0 e. The molecule has 1 heteroatoms. The molecule has 0 aliphatic heterocycles. The van der Waals surface area contributed by atoms with E-state index in [1.54, 1.807) is 0 Å². The van der Waals surface area contributed by atoms with Gasteiger partial charge in [0.2, 0.25) is 0 Å². The normalized spacial score (nSPS) is 10.0. The van der Waals surface area contributed by atoms with Gasteiger partial charge in [0.15, 0.2) is 0 Å². The van der Waals surface area contributed by atoms with Crippen LogP contribution in [0, 0.1) is 6.92 Å². The zero-order valence-corrected chi connectivity index (χ0v) is 7.46. The minimum atomic E-state index is 0. The van der Waals surface area contributed by atoms with E-state index in [1.165, 1.54) is 0 Å². The molecule has 0 bridgehead atoms. The quantitative estimate of drug-likeness (QED) is 0.350. The van der Waals surface area contributed by atoms with Gasteiger partial charge in [-0.15, -0.1) is 6.92 Å². The van der Waals surface area contributed by atoms with Crippen LogP contribution in [0.2, 0.25) is 0 Å². The zero-order valence-electron chi connectivity index (χ0n) is 4.49. The maximum Gasteiger partial charge on any atom is 0 e. The Morgan fingerprint density at radius 2 is 1.83 bits per heavy atom. The third kappa shape index (κ3) is 8.87. The van der Waals surface area contributed by atoms with E-state index in [-0.39, 0.29) is 19.5 Å². The molecule has 0 heterocycles. The Kier molecular flexibility index (Phi) is 8.31. The van der Waals surface area contributed by atoms with Gasteiger partial charge in [-0.2, -0.15) is 0 Å². The standard InChI is InChI=1S/C5H9.Zn/c1-4-5(2)3;/h4H,2H2,1,3H3;/q-1;. The molecule has 0 aliphatic carbocycles. The summed E-state index contributed by atoms with van der Waals surface area (Å²) in [5.41, 5.74) is 1.13. The molecule has 0 saturated heterocycles. The second kappa shape index (κ2) is 5.23. The second-order valence-electron chi connectivity index (χ2n) is 1.14. The van der Waals surface area contributed by atoms with E-state index in [1.807, 2.05) is 19.9 Å². The summed E-state index contributed by atoms with van der Waals surface area (Å²) in [4.78, 5) is 0. The fourth-order valence-corrected chi connectivity index (χ4v) is 0. The molecule has 0 nitrogen and oxygen atoms in total. The number of allylic oxidation sites excluding steroid dienone is 2. The predicted molar refractivity (Wildman–Crippen MR) is 24.8 cm³/mol. The molecule has 0 unspecified atom stereocenters. The Morgan fingerprint density at radius 1 is 1.67 bits per heavy atom. The van der Waals surface area contributed by atoms with Crippen molar-refractivity contribution < 1.29 is 19.5 Å². The van der Waals surface area contributed by atoms with Crippen molar-refractivity contribution in [1.82, 2.24) is 0 Å². The van der Waals surface area contributed by atoms with Crippen molar-refractivity contribution in [3.8, 4) is 0 Å². The first-order valence-electron chi connectivity index (χ1n) is 1.72. The summed E-state index contributed by atoms with van der Waals surface area (Å²) >= 11 is 0. The van der Waals surface area contributed by atoms with Gasteiger partial charge in [0.25, 0.3) is 0 Å². The van der Waals surface area contributed by atoms with Gasteiger partial charge in [0, 0.05) is 19.5 Å². The number of hydrogen-bond acceptors (Lipinski definition) is 0. The van der Waals surface area contributed by atoms with E-state index < -0.39 is 0 Å². The first-order valence-corrected chi connectivity index (χ1v) is 1.72. The van der Waals surface area contributed by atoms with Crippen LogP contribution in [-0.2, 0) is 19.5 Å². The molecule has 0 spiro atoms. The van der Waals surface area contributed by atoms with Crippen LogP contribution < -0.4 is 0 Å². The summed E-state index contributed by atoms with van der Waals surface area (Å²) in [7, 11) is 0. The van der Waals surface area contributed by atoms with E-state index in [9.17, 15) is 0 Å². The molecule has 0 amide bonds. The molecular weight excluding hydrogens is 125 g/mol. The fraction of sp³-hybridized carbons (Fsp3) is 0.400.